The third-order valence-electron chi connectivity index (χ3n) is 4.57. The first kappa shape index (κ1) is 21.0. The minimum atomic E-state index is -0.0415. The van der Waals surface area contributed by atoms with Crippen molar-refractivity contribution < 1.29 is 13.9 Å². The van der Waals surface area contributed by atoms with Gasteiger partial charge >= 0.3 is 0 Å². The average Bonchev–Trinajstić information content (AvgIpc) is 3.33. The molecule has 3 aromatic rings. The van der Waals surface area contributed by atoms with E-state index in [4.69, 9.17) is 9.15 Å². The number of aromatic nitrogens is 3. The van der Waals surface area contributed by atoms with Crippen molar-refractivity contribution in [1.82, 2.24) is 20.1 Å². The Hall–Kier alpha value is -2.74. The maximum absolute atomic E-state index is 12.1. The molecule has 1 aromatic carbocycles. The second kappa shape index (κ2) is 9.65. The molecule has 0 aliphatic rings. The van der Waals surface area contributed by atoms with Crippen LogP contribution in [0.4, 0.5) is 0 Å². The molecule has 0 saturated heterocycles. The van der Waals surface area contributed by atoms with E-state index in [1.165, 1.54) is 22.9 Å². The van der Waals surface area contributed by atoms with Gasteiger partial charge in [-0.15, -0.1) is 10.2 Å². The van der Waals surface area contributed by atoms with Crippen molar-refractivity contribution >= 4 is 17.7 Å². The fraction of sp³-hybridized carbons (Fsp3) is 0.381. The van der Waals surface area contributed by atoms with Gasteiger partial charge in [0.2, 0.25) is 5.91 Å². The zero-order valence-electron chi connectivity index (χ0n) is 17.2. The summed E-state index contributed by atoms with van der Waals surface area (Å²) in [6, 6.07) is 7.83. The van der Waals surface area contributed by atoms with E-state index in [1.807, 2.05) is 17.7 Å². The van der Waals surface area contributed by atoms with Gasteiger partial charge in [-0.3, -0.25) is 4.79 Å². The summed E-state index contributed by atoms with van der Waals surface area (Å²) in [6.45, 7) is 7.34. The molecule has 2 heterocycles. The maximum Gasteiger partial charge on any atom is 0.230 e. The summed E-state index contributed by atoms with van der Waals surface area (Å²) in [6.07, 6.45) is 2.34. The molecule has 0 radical (unpaired) electrons. The Labute approximate surface area is 174 Å². The maximum atomic E-state index is 12.1. The highest BCUT2D eigenvalue weighted by atomic mass is 32.2. The summed E-state index contributed by atoms with van der Waals surface area (Å²) < 4.78 is 13.0. The van der Waals surface area contributed by atoms with E-state index in [-0.39, 0.29) is 11.7 Å². The van der Waals surface area contributed by atoms with Gasteiger partial charge in [-0.1, -0.05) is 17.8 Å². The molecular weight excluding hydrogens is 388 g/mol. The SMILES string of the molecule is Cc1cc(C)c(C)c(OCCCNC(=O)CSc2nnc(-c3ccco3)n2C)c1. The van der Waals surface area contributed by atoms with E-state index < -0.39 is 0 Å². The van der Waals surface area contributed by atoms with E-state index >= 15 is 0 Å². The molecule has 0 spiro atoms. The largest absolute Gasteiger partial charge is 0.493 e. The van der Waals surface area contributed by atoms with Crippen LogP contribution in [0, 0.1) is 20.8 Å². The third kappa shape index (κ3) is 5.41. The molecule has 7 nitrogen and oxygen atoms in total. The molecule has 0 atom stereocenters. The molecule has 3 rings (SSSR count). The van der Waals surface area contributed by atoms with Crippen molar-refractivity contribution in [2.75, 3.05) is 18.9 Å². The van der Waals surface area contributed by atoms with Crippen LogP contribution in [0.5, 0.6) is 5.75 Å². The lowest BCUT2D eigenvalue weighted by atomic mass is 10.1. The Morgan fingerprint density at radius 1 is 1.28 bits per heavy atom. The number of nitrogens with zero attached hydrogens (tertiary/aromatic N) is 3. The van der Waals surface area contributed by atoms with Crippen LogP contribution in [-0.4, -0.2) is 39.6 Å². The van der Waals surface area contributed by atoms with Crippen LogP contribution in [0.2, 0.25) is 0 Å². The van der Waals surface area contributed by atoms with Crippen LogP contribution < -0.4 is 10.1 Å². The number of furan rings is 1. The summed E-state index contributed by atoms with van der Waals surface area (Å²) >= 11 is 1.34. The summed E-state index contributed by atoms with van der Waals surface area (Å²) in [5.41, 5.74) is 3.57. The van der Waals surface area contributed by atoms with Crippen LogP contribution in [0.15, 0.2) is 40.1 Å². The number of benzene rings is 1. The minimum Gasteiger partial charge on any atom is -0.493 e. The molecular formula is C21H26N4O3S. The molecule has 0 saturated carbocycles. The quantitative estimate of drug-likeness (QED) is 0.425. The van der Waals surface area contributed by atoms with Crippen LogP contribution in [0.25, 0.3) is 11.6 Å². The normalized spacial score (nSPS) is 10.9. The molecule has 2 aromatic heterocycles. The Balaban J connectivity index is 1.38. The highest BCUT2D eigenvalue weighted by molar-refractivity contribution is 7.99. The van der Waals surface area contributed by atoms with Gasteiger partial charge in [0, 0.05) is 13.6 Å². The van der Waals surface area contributed by atoms with Gasteiger partial charge in [-0.2, -0.15) is 0 Å². The number of hydrogen-bond donors (Lipinski definition) is 1. The second-order valence-corrected chi connectivity index (χ2v) is 7.83. The topological polar surface area (TPSA) is 82.2 Å². The molecule has 8 heteroatoms. The van der Waals surface area contributed by atoms with Crippen LogP contribution in [-0.2, 0) is 11.8 Å². The Bertz CT molecular complexity index is 967. The standard InChI is InChI=1S/C21H26N4O3S/c1-14-11-15(2)16(3)18(12-14)28-10-6-8-22-19(26)13-29-21-24-23-20(25(21)4)17-7-5-9-27-17/h5,7,9,11-12H,6,8,10,13H2,1-4H3,(H,22,26). The lowest BCUT2D eigenvalue weighted by Crippen LogP contribution is -2.27. The molecule has 0 aliphatic heterocycles. The zero-order valence-corrected chi connectivity index (χ0v) is 18.0. The zero-order chi connectivity index (χ0) is 20.8. The monoisotopic (exact) mass is 414 g/mol. The van der Waals surface area contributed by atoms with Gasteiger partial charge in [0.15, 0.2) is 16.7 Å². The summed E-state index contributed by atoms with van der Waals surface area (Å²) in [5.74, 6) is 2.44. The number of rotatable bonds is 9. The third-order valence-corrected chi connectivity index (χ3v) is 5.59. The summed E-state index contributed by atoms with van der Waals surface area (Å²) in [7, 11) is 1.85. The molecule has 154 valence electrons. The fourth-order valence-electron chi connectivity index (χ4n) is 2.87. The highest BCUT2D eigenvalue weighted by Gasteiger charge is 2.14. The van der Waals surface area contributed by atoms with E-state index in [0.29, 0.717) is 29.9 Å². The van der Waals surface area contributed by atoms with Crippen LogP contribution in [0.3, 0.4) is 0 Å². The van der Waals surface area contributed by atoms with Crippen molar-refractivity contribution in [1.29, 1.82) is 0 Å². The Morgan fingerprint density at radius 2 is 2.10 bits per heavy atom. The van der Waals surface area contributed by atoms with Crippen molar-refractivity contribution in [3.63, 3.8) is 0 Å². The molecule has 0 bridgehead atoms. The number of carbonyl (C=O) groups is 1. The number of carbonyl (C=O) groups excluding carboxylic acids is 1. The Morgan fingerprint density at radius 3 is 2.86 bits per heavy atom. The van der Waals surface area contributed by atoms with Crippen LogP contribution in [0.1, 0.15) is 23.1 Å². The first-order valence-electron chi connectivity index (χ1n) is 9.49. The number of ether oxygens (including phenoxy) is 1. The Kier molecular flexibility index (Phi) is 6.98. The van der Waals surface area contributed by atoms with E-state index in [9.17, 15) is 4.79 Å². The lowest BCUT2D eigenvalue weighted by Gasteiger charge is -2.12. The van der Waals surface area contributed by atoms with Gasteiger partial charge in [0.25, 0.3) is 0 Å². The molecule has 29 heavy (non-hydrogen) atoms. The summed E-state index contributed by atoms with van der Waals surface area (Å²) in [5, 5.41) is 11.8. The van der Waals surface area contributed by atoms with Crippen molar-refractivity contribution in [2.24, 2.45) is 7.05 Å². The molecule has 0 aliphatic carbocycles. The van der Waals surface area contributed by atoms with Gasteiger partial charge in [-0.25, -0.2) is 0 Å². The molecule has 0 unspecified atom stereocenters. The van der Waals surface area contributed by atoms with Gasteiger partial charge in [0.05, 0.1) is 18.6 Å². The minimum absolute atomic E-state index is 0.0415. The van der Waals surface area contributed by atoms with Crippen molar-refractivity contribution in [3.05, 3.63) is 47.2 Å². The van der Waals surface area contributed by atoms with Crippen molar-refractivity contribution in [3.8, 4) is 17.3 Å². The first-order chi connectivity index (χ1) is 14.0. The smallest absolute Gasteiger partial charge is 0.230 e. The van der Waals surface area contributed by atoms with Crippen LogP contribution >= 0.6 is 11.8 Å². The number of hydrogen-bond acceptors (Lipinski definition) is 6. The average molecular weight is 415 g/mol. The van der Waals surface area contributed by atoms with Gasteiger partial charge in [-0.05, 0) is 62.1 Å². The molecule has 1 amide bonds. The number of nitrogens with one attached hydrogen (secondary N) is 1. The molecule has 1 N–H and O–H groups in total. The number of amides is 1. The van der Waals surface area contributed by atoms with Gasteiger partial charge < -0.3 is 19.0 Å². The van der Waals surface area contributed by atoms with Gasteiger partial charge in [0.1, 0.15) is 5.75 Å². The predicted molar refractivity (Wildman–Crippen MR) is 113 cm³/mol. The second-order valence-electron chi connectivity index (χ2n) is 6.89. The van der Waals surface area contributed by atoms with E-state index in [1.54, 1.807) is 12.3 Å². The number of aryl methyl sites for hydroxylation is 2. The van der Waals surface area contributed by atoms with Crippen molar-refractivity contribution in [2.45, 2.75) is 32.3 Å². The predicted octanol–water partition coefficient (Wildman–Crippen LogP) is 3.68. The van der Waals surface area contributed by atoms with E-state index in [0.717, 1.165) is 17.7 Å². The number of thioether (sulfide) groups is 1. The van der Waals surface area contributed by atoms with E-state index in [2.05, 4.69) is 48.4 Å². The summed E-state index contributed by atoms with van der Waals surface area (Å²) in [4.78, 5) is 12.1. The fourth-order valence-corrected chi connectivity index (χ4v) is 3.62. The first-order valence-corrected chi connectivity index (χ1v) is 10.5. The highest BCUT2D eigenvalue weighted by Crippen LogP contribution is 2.24. The molecule has 0 fully saturated rings. The lowest BCUT2D eigenvalue weighted by molar-refractivity contribution is -0.118.